The van der Waals surface area contributed by atoms with Crippen LogP contribution in [0.2, 0.25) is 0 Å². The molecule has 0 saturated carbocycles. The van der Waals surface area contributed by atoms with E-state index in [1.54, 1.807) is 13.0 Å². The molecule has 1 aromatic rings. The number of unbranched alkanes of at least 4 members (excludes halogenated alkanes) is 1. The van der Waals surface area contributed by atoms with Gasteiger partial charge in [0.15, 0.2) is 0 Å². The summed E-state index contributed by atoms with van der Waals surface area (Å²) in [6, 6.07) is 7.74. The van der Waals surface area contributed by atoms with Crippen LogP contribution in [0.1, 0.15) is 92.2 Å². The van der Waals surface area contributed by atoms with Crippen molar-refractivity contribution in [3.05, 3.63) is 83.1 Å². The first-order valence-corrected chi connectivity index (χ1v) is 12.4. The van der Waals surface area contributed by atoms with E-state index in [1.807, 2.05) is 84.0 Å². The maximum atomic E-state index is 10.7. The zero-order chi connectivity index (χ0) is 26.9. The number of nitrogens with two attached hydrogens (primary N) is 1. The van der Waals surface area contributed by atoms with E-state index < -0.39 is 0 Å². The molecule has 0 amide bonds. The molecule has 3 N–H and O–H groups in total. The van der Waals surface area contributed by atoms with Gasteiger partial charge in [0.25, 0.3) is 0 Å². The maximum Gasteiger partial charge on any atom is 0.130 e. The fraction of sp³-hybridized carbons (Fsp3) is 0.419. The first-order chi connectivity index (χ1) is 16.3. The van der Waals surface area contributed by atoms with Gasteiger partial charge in [0.1, 0.15) is 5.78 Å². The first-order valence-electron chi connectivity index (χ1n) is 12.4. The highest BCUT2D eigenvalue weighted by Gasteiger charge is 2.10. The first kappa shape index (κ1) is 35.5. The predicted molar refractivity (Wildman–Crippen MR) is 153 cm³/mol. The Morgan fingerprint density at radius 1 is 1.12 bits per heavy atom. The Bertz CT molecular complexity index is 827. The summed E-state index contributed by atoms with van der Waals surface area (Å²) in [5.41, 5.74) is 11.0. The van der Waals surface area contributed by atoms with E-state index in [1.165, 1.54) is 0 Å². The second-order valence-corrected chi connectivity index (χ2v) is 7.04. The number of terminal acetylenes is 1. The van der Waals surface area contributed by atoms with Crippen LogP contribution in [-0.4, -0.2) is 11.5 Å². The maximum absolute atomic E-state index is 10.7. The molecular weight excluding hydrogens is 416 g/mol. The molecule has 0 aliphatic heterocycles. The van der Waals surface area contributed by atoms with Crippen LogP contribution in [0, 0.1) is 17.8 Å². The highest BCUT2D eigenvalue weighted by Crippen LogP contribution is 2.17. The summed E-state index contributed by atoms with van der Waals surface area (Å²) >= 11 is 0. The lowest BCUT2D eigenvalue weighted by Crippen LogP contribution is -2.10. The van der Waals surface area contributed by atoms with Crippen LogP contribution in [0.5, 0.6) is 0 Å². The van der Waals surface area contributed by atoms with Gasteiger partial charge in [0.05, 0.1) is 5.71 Å². The lowest BCUT2D eigenvalue weighted by molar-refractivity contribution is -0.116. The average molecular weight is 465 g/mol. The van der Waals surface area contributed by atoms with E-state index in [9.17, 15) is 4.79 Å². The van der Waals surface area contributed by atoms with Gasteiger partial charge in [-0.3, -0.25) is 5.41 Å². The van der Waals surface area contributed by atoms with Crippen LogP contribution in [0.3, 0.4) is 0 Å². The van der Waals surface area contributed by atoms with Gasteiger partial charge in [-0.05, 0) is 68.9 Å². The van der Waals surface area contributed by atoms with Crippen LogP contribution in [0.4, 0.5) is 0 Å². The molecule has 0 heterocycles. The van der Waals surface area contributed by atoms with Crippen molar-refractivity contribution in [3.8, 4) is 12.3 Å². The number of carbonyl (C=O) groups excluding carboxylic acids is 1. The second kappa shape index (κ2) is 24.5. The van der Waals surface area contributed by atoms with Crippen LogP contribution >= 0.6 is 0 Å². The second-order valence-electron chi connectivity index (χ2n) is 7.04. The third-order valence-corrected chi connectivity index (χ3v) is 4.38. The van der Waals surface area contributed by atoms with Gasteiger partial charge in [0, 0.05) is 17.7 Å². The van der Waals surface area contributed by atoms with Crippen LogP contribution < -0.4 is 5.73 Å². The molecule has 0 fully saturated rings. The van der Waals surface area contributed by atoms with Gasteiger partial charge in [-0.15, -0.1) is 6.42 Å². The molecule has 3 heteroatoms. The Kier molecular flexibility index (Phi) is 25.6. The van der Waals surface area contributed by atoms with Gasteiger partial charge < -0.3 is 10.5 Å². The Balaban J connectivity index is -0.000000503. The number of benzene rings is 1. The van der Waals surface area contributed by atoms with Crippen molar-refractivity contribution in [3.63, 3.8) is 0 Å². The minimum absolute atomic E-state index is 0.223. The quantitative estimate of drug-likeness (QED) is 0.207. The number of rotatable bonds is 10. The Labute approximate surface area is 210 Å². The largest absolute Gasteiger partial charge is 0.402 e. The SMILES string of the molecule is C#Cc1ccc(CCC(C)=O)cc1.C=C/C=C(\C=C/C)C(=N)/C(CCCC)=C(/C)N.CC.CC. The predicted octanol–water partition coefficient (Wildman–Crippen LogP) is 8.36. The van der Waals surface area contributed by atoms with Crippen LogP contribution in [0.15, 0.2) is 72.0 Å². The van der Waals surface area contributed by atoms with Gasteiger partial charge in [-0.1, -0.05) is 90.0 Å². The Morgan fingerprint density at radius 2 is 1.68 bits per heavy atom. The highest BCUT2D eigenvalue weighted by atomic mass is 16.1. The van der Waals surface area contributed by atoms with Gasteiger partial charge >= 0.3 is 0 Å². The number of hydrogen-bond donors (Lipinski definition) is 2. The zero-order valence-corrected chi connectivity index (χ0v) is 22.9. The van der Waals surface area contributed by atoms with Crippen molar-refractivity contribution in [2.45, 2.75) is 87.5 Å². The van der Waals surface area contributed by atoms with Crippen LogP contribution in [0.25, 0.3) is 0 Å². The molecule has 1 rings (SSSR count). The Hall–Kier alpha value is -3.12. The van der Waals surface area contributed by atoms with Gasteiger partial charge in [-0.25, -0.2) is 0 Å². The van der Waals surface area contributed by atoms with Crippen molar-refractivity contribution in [2.24, 2.45) is 5.73 Å². The number of carbonyl (C=O) groups is 1. The summed E-state index contributed by atoms with van der Waals surface area (Å²) in [7, 11) is 0. The lowest BCUT2D eigenvalue weighted by Gasteiger charge is -2.12. The summed E-state index contributed by atoms with van der Waals surface area (Å²) in [6.07, 6.45) is 17.0. The normalized spacial score (nSPS) is 10.7. The lowest BCUT2D eigenvalue weighted by atomic mass is 9.96. The van der Waals surface area contributed by atoms with E-state index in [-0.39, 0.29) is 5.78 Å². The fourth-order valence-electron chi connectivity index (χ4n) is 2.66. The molecule has 0 aliphatic rings. The molecule has 3 nitrogen and oxygen atoms in total. The molecular formula is C31H48N2O. The smallest absolute Gasteiger partial charge is 0.130 e. The third-order valence-electron chi connectivity index (χ3n) is 4.38. The molecule has 1 aromatic carbocycles. The summed E-state index contributed by atoms with van der Waals surface area (Å²) in [6.45, 7) is 19.2. The number of hydrogen-bond acceptors (Lipinski definition) is 3. The summed E-state index contributed by atoms with van der Waals surface area (Å²) in [4.78, 5) is 10.7. The summed E-state index contributed by atoms with van der Waals surface area (Å²) in [5, 5.41) is 8.21. The molecule has 0 aliphatic carbocycles. The van der Waals surface area contributed by atoms with E-state index in [0.717, 1.165) is 53.7 Å². The summed E-state index contributed by atoms with van der Waals surface area (Å²) in [5.74, 6) is 2.78. The van der Waals surface area contributed by atoms with Crippen molar-refractivity contribution >= 4 is 11.5 Å². The van der Waals surface area contributed by atoms with Crippen molar-refractivity contribution < 1.29 is 4.79 Å². The molecule has 0 saturated heterocycles. The molecule has 0 spiro atoms. The molecule has 0 unspecified atom stereocenters. The van der Waals surface area contributed by atoms with Crippen molar-refractivity contribution in [2.75, 3.05) is 0 Å². The number of nitrogens with one attached hydrogen (secondary N) is 1. The zero-order valence-electron chi connectivity index (χ0n) is 22.9. The van der Waals surface area contributed by atoms with E-state index in [2.05, 4.69) is 19.4 Å². The van der Waals surface area contributed by atoms with E-state index in [0.29, 0.717) is 12.1 Å². The monoisotopic (exact) mass is 464 g/mol. The molecule has 188 valence electrons. The number of aryl methyl sites for hydroxylation is 1. The molecule has 0 radical (unpaired) electrons. The Morgan fingerprint density at radius 3 is 2.06 bits per heavy atom. The van der Waals surface area contributed by atoms with E-state index in [4.69, 9.17) is 17.6 Å². The molecule has 0 atom stereocenters. The average Bonchev–Trinajstić information content (AvgIpc) is 2.85. The van der Waals surface area contributed by atoms with Crippen molar-refractivity contribution in [1.29, 1.82) is 5.41 Å². The summed E-state index contributed by atoms with van der Waals surface area (Å²) < 4.78 is 0. The number of allylic oxidation sites excluding steroid dienone is 7. The number of Topliss-reactive ketones (excluding diaryl/α,β-unsaturated/α-hetero) is 1. The number of ketones is 1. The minimum atomic E-state index is 0.223. The van der Waals surface area contributed by atoms with Gasteiger partial charge in [-0.2, -0.15) is 0 Å². The topological polar surface area (TPSA) is 66.9 Å². The molecule has 34 heavy (non-hydrogen) atoms. The molecule has 0 aromatic heterocycles. The molecule has 0 bridgehead atoms. The third kappa shape index (κ3) is 17.4. The van der Waals surface area contributed by atoms with Crippen molar-refractivity contribution in [1.82, 2.24) is 0 Å². The van der Waals surface area contributed by atoms with E-state index >= 15 is 0 Å². The highest BCUT2D eigenvalue weighted by molar-refractivity contribution is 6.12. The van der Waals surface area contributed by atoms with Gasteiger partial charge in [0.2, 0.25) is 0 Å². The van der Waals surface area contributed by atoms with Crippen LogP contribution in [-0.2, 0) is 11.2 Å². The minimum Gasteiger partial charge on any atom is -0.402 e. The fourth-order valence-corrected chi connectivity index (χ4v) is 2.66. The standard InChI is InChI=1S/C15H24N2.C12H12O.2C2H6/c1-5-8-11-14(12(4)16)15(17)13(9-6-2)10-7-3;1-3-11-6-8-12(9-7-11)5-4-10(2)13;2*1-2/h6-7,9-10,17H,2,5,8,11,16H2,1,3-4H3;1,6-9H,4-5H2,2H3;2*1-2H3/b10-7-,13-9+,14-12-,17-15?;;;.